The first kappa shape index (κ1) is 10.1. The molecule has 2 aromatic heterocycles. The number of rotatable bonds is 3. The maximum atomic E-state index is 5.82. The summed E-state index contributed by atoms with van der Waals surface area (Å²) in [6.45, 7) is 2.05. The molecule has 0 bridgehead atoms. The Kier molecular flexibility index (Phi) is 2.36. The van der Waals surface area contributed by atoms with Crippen molar-refractivity contribution in [2.75, 3.05) is 5.88 Å². The molecule has 1 fully saturated rings. The summed E-state index contributed by atoms with van der Waals surface area (Å²) in [5, 5.41) is 0. The van der Waals surface area contributed by atoms with Gasteiger partial charge in [0.05, 0.1) is 0 Å². The van der Waals surface area contributed by atoms with Crippen molar-refractivity contribution in [1.29, 1.82) is 0 Å². The van der Waals surface area contributed by atoms with Gasteiger partial charge < -0.3 is 4.57 Å². The van der Waals surface area contributed by atoms with Crippen LogP contribution in [0.3, 0.4) is 0 Å². The van der Waals surface area contributed by atoms with E-state index in [1.54, 1.807) is 0 Å². The zero-order chi connectivity index (χ0) is 11.1. The predicted molar refractivity (Wildman–Crippen MR) is 65.0 cm³/mol. The van der Waals surface area contributed by atoms with Gasteiger partial charge in [-0.1, -0.05) is 0 Å². The Morgan fingerprint density at radius 3 is 3.00 bits per heavy atom. The third-order valence-corrected chi connectivity index (χ3v) is 3.16. The number of alkyl halides is 1. The highest BCUT2D eigenvalue weighted by molar-refractivity contribution is 6.17. The van der Waals surface area contributed by atoms with Gasteiger partial charge >= 0.3 is 0 Å². The molecule has 0 amide bonds. The fourth-order valence-electron chi connectivity index (χ4n) is 2.11. The molecule has 3 nitrogen and oxygen atoms in total. The largest absolute Gasteiger partial charge is 0.310 e. The second-order valence-electron chi connectivity index (χ2n) is 4.42. The van der Waals surface area contributed by atoms with Crippen LogP contribution in [0.5, 0.6) is 0 Å². The lowest BCUT2D eigenvalue weighted by Gasteiger charge is -2.04. The smallest absolute Gasteiger partial charge is 0.160 e. The normalized spacial score (nSPS) is 15.9. The molecule has 1 aliphatic rings. The first-order valence-electron chi connectivity index (χ1n) is 5.69. The molecule has 16 heavy (non-hydrogen) atoms. The van der Waals surface area contributed by atoms with Crippen LogP contribution in [-0.4, -0.2) is 20.4 Å². The molecule has 3 rings (SSSR count). The monoisotopic (exact) mass is 235 g/mol. The van der Waals surface area contributed by atoms with Gasteiger partial charge in [-0.25, -0.2) is 9.97 Å². The van der Waals surface area contributed by atoms with Crippen LogP contribution < -0.4 is 0 Å². The fourth-order valence-corrected chi connectivity index (χ4v) is 2.28. The Hall–Kier alpha value is -1.09. The Bertz CT molecular complexity index is 528. The fraction of sp³-hybridized carbons (Fsp3) is 0.500. The van der Waals surface area contributed by atoms with E-state index in [9.17, 15) is 0 Å². The van der Waals surface area contributed by atoms with Gasteiger partial charge in [0.15, 0.2) is 5.65 Å². The van der Waals surface area contributed by atoms with Gasteiger partial charge in [0, 0.05) is 24.5 Å². The standard InChI is InChI=1S/C12H14ClN3/c1-8-6-10-12(14-7-8)16(9-2-3-9)11(15-10)4-5-13/h6-7,9H,2-5H2,1H3. The molecule has 2 heterocycles. The number of nitrogens with zero attached hydrogens (tertiary/aromatic N) is 3. The maximum Gasteiger partial charge on any atom is 0.160 e. The number of hydrogen-bond acceptors (Lipinski definition) is 2. The van der Waals surface area contributed by atoms with Crippen molar-refractivity contribution in [3.05, 3.63) is 23.7 Å². The van der Waals surface area contributed by atoms with Gasteiger partial charge in [-0.05, 0) is 31.4 Å². The quantitative estimate of drug-likeness (QED) is 0.766. The van der Waals surface area contributed by atoms with Crippen LogP contribution in [0.1, 0.15) is 30.3 Å². The van der Waals surface area contributed by atoms with Crippen molar-refractivity contribution < 1.29 is 0 Å². The second kappa shape index (κ2) is 3.74. The molecule has 0 aliphatic heterocycles. The van der Waals surface area contributed by atoms with Crippen molar-refractivity contribution in [1.82, 2.24) is 14.5 Å². The summed E-state index contributed by atoms with van der Waals surface area (Å²) in [6, 6.07) is 2.71. The highest BCUT2D eigenvalue weighted by Gasteiger charge is 2.28. The first-order chi connectivity index (χ1) is 7.79. The van der Waals surface area contributed by atoms with Crippen molar-refractivity contribution in [3.8, 4) is 0 Å². The van der Waals surface area contributed by atoms with E-state index in [-0.39, 0.29) is 0 Å². The number of hydrogen-bond donors (Lipinski definition) is 0. The Morgan fingerprint density at radius 1 is 1.50 bits per heavy atom. The van der Waals surface area contributed by atoms with E-state index in [0.29, 0.717) is 11.9 Å². The van der Waals surface area contributed by atoms with E-state index in [0.717, 1.165) is 29.0 Å². The van der Waals surface area contributed by atoms with Gasteiger partial charge in [0.2, 0.25) is 0 Å². The van der Waals surface area contributed by atoms with E-state index >= 15 is 0 Å². The van der Waals surface area contributed by atoms with Crippen molar-refractivity contribution in [2.45, 2.75) is 32.2 Å². The number of aromatic nitrogens is 3. The summed E-state index contributed by atoms with van der Waals surface area (Å²) >= 11 is 5.82. The molecule has 1 aliphatic carbocycles. The van der Waals surface area contributed by atoms with Gasteiger partial charge in [-0.2, -0.15) is 0 Å². The van der Waals surface area contributed by atoms with Gasteiger partial charge in [-0.3, -0.25) is 0 Å². The molecule has 0 aromatic carbocycles. The zero-order valence-electron chi connectivity index (χ0n) is 9.28. The predicted octanol–water partition coefficient (Wildman–Crippen LogP) is 2.86. The molecule has 4 heteroatoms. The average Bonchev–Trinajstić information content (AvgIpc) is 3.02. The number of aryl methyl sites for hydroxylation is 2. The van der Waals surface area contributed by atoms with Crippen molar-refractivity contribution >= 4 is 22.8 Å². The van der Waals surface area contributed by atoms with Crippen LogP contribution in [0, 0.1) is 6.92 Å². The number of imidazole rings is 1. The van der Waals surface area contributed by atoms with E-state index in [4.69, 9.17) is 11.6 Å². The summed E-state index contributed by atoms with van der Waals surface area (Å²) in [4.78, 5) is 9.14. The maximum absolute atomic E-state index is 5.82. The van der Waals surface area contributed by atoms with Crippen molar-refractivity contribution in [3.63, 3.8) is 0 Å². The van der Waals surface area contributed by atoms with Crippen molar-refractivity contribution in [2.24, 2.45) is 0 Å². The van der Waals surface area contributed by atoms with Gasteiger partial charge in [-0.15, -0.1) is 11.6 Å². The Balaban J connectivity index is 2.20. The summed E-state index contributed by atoms with van der Waals surface area (Å²) in [5.74, 6) is 1.71. The van der Waals surface area contributed by atoms with Crippen LogP contribution in [0.2, 0.25) is 0 Å². The molecule has 0 unspecified atom stereocenters. The topological polar surface area (TPSA) is 30.7 Å². The molecule has 2 aromatic rings. The lowest BCUT2D eigenvalue weighted by molar-refractivity contribution is 0.703. The van der Waals surface area contributed by atoms with E-state index in [2.05, 4.69) is 20.6 Å². The van der Waals surface area contributed by atoms with Crippen LogP contribution in [0.25, 0.3) is 11.2 Å². The molecule has 0 spiro atoms. The number of fused-ring (bicyclic) bond motifs is 1. The van der Waals surface area contributed by atoms with Gasteiger partial charge in [0.1, 0.15) is 11.3 Å². The number of halogens is 1. The van der Waals surface area contributed by atoms with E-state index < -0.39 is 0 Å². The third kappa shape index (κ3) is 1.59. The SMILES string of the molecule is Cc1cnc2c(c1)nc(CCCl)n2C1CC1. The highest BCUT2D eigenvalue weighted by Crippen LogP contribution is 2.38. The molecular formula is C12H14ClN3. The number of pyridine rings is 1. The Morgan fingerprint density at radius 2 is 2.31 bits per heavy atom. The minimum atomic E-state index is 0.610. The summed E-state index contributed by atoms with van der Waals surface area (Å²) < 4.78 is 2.27. The molecule has 0 radical (unpaired) electrons. The molecular weight excluding hydrogens is 222 g/mol. The van der Waals surface area contributed by atoms with E-state index in [1.807, 2.05) is 13.1 Å². The highest BCUT2D eigenvalue weighted by atomic mass is 35.5. The van der Waals surface area contributed by atoms with E-state index in [1.165, 1.54) is 12.8 Å². The molecule has 1 saturated carbocycles. The minimum absolute atomic E-state index is 0.610. The molecule has 84 valence electrons. The second-order valence-corrected chi connectivity index (χ2v) is 4.80. The minimum Gasteiger partial charge on any atom is -0.310 e. The molecule has 0 atom stereocenters. The lowest BCUT2D eigenvalue weighted by Crippen LogP contribution is -2.03. The Labute approximate surface area is 99.5 Å². The summed E-state index contributed by atoms with van der Waals surface area (Å²) in [6.07, 6.45) is 5.23. The van der Waals surface area contributed by atoms with Crippen LogP contribution in [-0.2, 0) is 6.42 Å². The third-order valence-electron chi connectivity index (χ3n) is 2.97. The molecule has 0 saturated heterocycles. The van der Waals surface area contributed by atoms with Crippen LogP contribution in [0.4, 0.5) is 0 Å². The zero-order valence-corrected chi connectivity index (χ0v) is 10.0. The summed E-state index contributed by atoms with van der Waals surface area (Å²) in [5.41, 5.74) is 3.19. The van der Waals surface area contributed by atoms with Crippen LogP contribution >= 0.6 is 11.6 Å². The average molecular weight is 236 g/mol. The summed E-state index contributed by atoms with van der Waals surface area (Å²) in [7, 11) is 0. The van der Waals surface area contributed by atoms with Crippen LogP contribution in [0.15, 0.2) is 12.3 Å². The van der Waals surface area contributed by atoms with Gasteiger partial charge in [0.25, 0.3) is 0 Å². The first-order valence-corrected chi connectivity index (χ1v) is 6.22. The lowest BCUT2D eigenvalue weighted by atomic mass is 10.3. The molecule has 0 N–H and O–H groups in total.